The highest BCUT2D eigenvalue weighted by Gasteiger charge is 2.18. The van der Waals surface area contributed by atoms with Crippen LogP contribution in [0.1, 0.15) is 9.67 Å². The first-order valence-electron chi connectivity index (χ1n) is 4.66. The van der Waals surface area contributed by atoms with Crippen LogP contribution < -0.4 is 4.74 Å². The normalized spacial score (nSPS) is 10.2. The van der Waals surface area contributed by atoms with E-state index in [4.69, 9.17) is 21.4 Å². The van der Waals surface area contributed by atoms with Crippen molar-refractivity contribution in [3.8, 4) is 16.3 Å². The average molecular weight is 270 g/mol. The molecule has 1 heterocycles. The van der Waals surface area contributed by atoms with E-state index in [0.29, 0.717) is 10.8 Å². The van der Waals surface area contributed by atoms with Gasteiger partial charge in [0.1, 0.15) is 10.8 Å². The summed E-state index contributed by atoms with van der Waals surface area (Å²) >= 11 is 6.79. The van der Waals surface area contributed by atoms with E-state index in [1.807, 2.05) is 12.1 Å². The summed E-state index contributed by atoms with van der Waals surface area (Å²) in [5.74, 6) is -0.441. The minimum absolute atomic E-state index is 0.00315. The van der Waals surface area contributed by atoms with Crippen LogP contribution in [0.15, 0.2) is 24.3 Å². The fourth-order valence-electron chi connectivity index (χ4n) is 1.37. The van der Waals surface area contributed by atoms with E-state index in [9.17, 15) is 4.79 Å². The molecular formula is C11H8ClNO3S. The molecule has 0 amide bonds. The number of thiazole rings is 1. The Labute approximate surface area is 106 Å². The Morgan fingerprint density at radius 1 is 1.47 bits per heavy atom. The molecular weight excluding hydrogens is 262 g/mol. The van der Waals surface area contributed by atoms with Gasteiger partial charge in [-0.3, -0.25) is 0 Å². The lowest BCUT2D eigenvalue weighted by Gasteiger charge is -2.04. The van der Waals surface area contributed by atoms with Gasteiger partial charge in [-0.25, -0.2) is 9.78 Å². The lowest BCUT2D eigenvalue weighted by atomic mass is 10.2. The second-order valence-corrected chi connectivity index (χ2v) is 4.50. The van der Waals surface area contributed by atoms with Crippen molar-refractivity contribution in [3.05, 3.63) is 34.3 Å². The van der Waals surface area contributed by atoms with Gasteiger partial charge in [0.15, 0.2) is 10.0 Å². The van der Waals surface area contributed by atoms with E-state index in [0.717, 1.165) is 16.9 Å². The number of carboxylic acids is 1. The van der Waals surface area contributed by atoms with Crippen LogP contribution in [0.5, 0.6) is 5.75 Å². The molecule has 0 aliphatic carbocycles. The predicted octanol–water partition coefficient (Wildman–Crippen LogP) is 3.17. The molecule has 0 saturated heterocycles. The molecule has 0 atom stereocenters. The molecule has 17 heavy (non-hydrogen) atoms. The molecule has 4 nitrogen and oxygen atoms in total. The van der Waals surface area contributed by atoms with Gasteiger partial charge in [-0.15, -0.1) is 11.3 Å². The molecule has 0 unspecified atom stereocenters. The molecule has 0 radical (unpaired) electrons. The maximum Gasteiger partial charge on any atom is 0.349 e. The molecule has 2 aromatic rings. The van der Waals surface area contributed by atoms with Crippen LogP contribution in [0.3, 0.4) is 0 Å². The maximum atomic E-state index is 10.9. The summed E-state index contributed by atoms with van der Waals surface area (Å²) < 4.78 is 5.19. The van der Waals surface area contributed by atoms with Gasteiger partial charge in [0.05, 0.1) is 12.7 Å². The van der Waals surface area contributed by atoms with Crippen LogP contribution in [0.2, 0.25) is 5.15 Å². The highest BCUT2D eigenvalue weighted by Crippen LogP contribution is 2.35. The average Bonchev–Trinajstić information content (AvgIpc) is 2.71. The Bertz CT molecular complexity index is 568. The van der Waals surface area contributed by atoms with Crippen molar-refractivity contribution in [1.82, 2.24) is 4.98 Å². The summed E-state index contributed by atoms with van der Waals surface area (Å²) in [4.78, 5) is 14.9. The third kappa shape index (κ3) is 2.25. The van der Waals surface area contributed by atoms with Gasteiger partial charge in [0.2, 0.25) is 0 Å². The van der Waals surface area contributed by atoms with Crippen molar-refractivity contribution in [2.24, 2.45) is 0 Å². The number of ether oxygens (including phenoxy) is 1. The van der Waals surface area contributed by atoms with Crippen molar-refractivity contribution in [3.63, 3.8) is 0 Å². The molecule has 1 aromatic heterocycles. The number of nitrogens with zero attached hydrogens (tertiary/aromatic N) is 1. The van der Waals surface area contributed by atoms with E-state index in [1.54, 1.807) is 19.2 Å². The Morgan fingerprint density at radius 3 is 2.76 bits per heavy atom. The van der Waals surface area contributed by atoms with Crippen LogP contribution in [0, 0.1) is 0 Å². The molecule has 2 rings (SSSR count). The van der Waals surface area contributed by atoms with E-state index < -0.39 is 5.97 Å². The summed E-state index contributed by atoms with van der Waals surface area (Å²) in [6, 6.07) is 7.24. The maximum absolute atomic E-state index is 10.9. The third-order valence-electron chi connectivity index (χ3n) is 2.12. The molecule has 0 spiro atoms. The minimum atomic E-state index is -1.08. The smallest absolute Gasteiger partial charge is 0.349 e. The summed E-state index contributed by atoms with van der Waals surface area (Å²) in [7, 11) is 1.55. The lowest BCUT2D eigenvalue weighted by molar-refractivity contribution is 0.0702. The molecule has 0 aliphatic rings. The van der Waals surface area contributed by atoms with Gasteiger partial charge in [-0.2, -0.15) is 0 Å². The number of para-hydroxylation sites is 1. The first-order valence-corrected chi connectivity index (χ1v) is 5.86. The minimum Gasteiger partial charge on any atom is -0.496 e. The zero-order chi connectivity index (χ0) is 12.4. The van der Waals surface area contributed by atoms with Crippen molar-refractivity contribution >= 4 is 28.9 Å². The molecule has 6 heteroatoms. The number of carbonyl (C=O) groups is 1. The first kappa shape index (κ1) is 11.9. The first-order chi connectivity index (χ1) is 8.13. The number of methoxy groups -OCH3 is 1. The zero-order valence-electron chi connectivity index (χ0n) is 8.81. The van der Waals surface area contributed by atoms with Crippen LogP contribution in [-0.2, 0) is 0 Å². The standard InChI is InChI=1S/C11H8ClNO3S/c1-16-7-5-3-2-4-6(7)10-13-9(12)8(17-10)11(14)15/h2-5H,1H3,(H,14,15). The molecule has 1 N–H and O–H groups in total. The number of aromatic nitrogens is 1. The largest absolute Gasteiger partial charge is 0.496 e. The Balaban J connectivity index is 2.53. The Kier molecular flexibility index (Phi) is 3.31. The van der Waals surface area contributed by atoms with Crippen LogP contribution in [0.4, 0.5) is 0 Å². The fraction of sp³-hybridized carbons (Fsp3) is 0.0909. The second kappa shape index (κ2) is 4.73. The van der Waals surface area contributed by atoms with Crippen molar-refractivity contribution < 1.29 is 14.6 Å². The summed E-state index contributed by atoms with van der Waals surface area (Å²) in [6.45, 7) is 0. The van der Waals surface area contributed by atoms with Crippen molar-refractivity contribution in [2.75, 3.05) is 7.11 Å². The summed E-state index contributed by atoms with van der Waals surface area (Å²) in [5, 5.41) is 9.44. The van der Waals surface area contributed by atoms with Gasteiger partial charge in [0, 0.05) is 0 Å². The highest BCUT2D eigenvalue weighted by molar-refractivity contribution is 7.17. The second-order valence-electron chi connectivity index (χ2n) is 3.14. The fourth-order valence-corrected chi connectivity index (χ4v) is 2.53. The van der Waals surface area contributed by atoms with Gasteiger partial charge in [-0.1, -0.05) is 23.7 Å². The molecule has 88 valence electrons. The number of rotatable bonds is 3. The Morgan fingerprint density at radius 2 is 2.18 bits per heavy atom. The highest BCUT2D eigenvalue weighted by atomic mass is 35.5. The number of carboxylic acid groups (broad SMARTS) is 1. The van der Waals surface area contributed by atoms with Crippen LogP contribution in [0.25, 0.3) is 10.6 Å². The SMILES string of the molecule is COc1ccccc1-c1nc(Cl)c(C(=O)O)s1. The molecule has 0 fully saturated rings. The monoisotopic (exact) mass is 269 g/mol. The van der Waals surface area contributed by atoms with E-state index in [1.165, 1.54) is 0 Å². The van der Waals surface area contributed by atoms with Gasteiger partial charge in [-0.05, 0) is 12.1 Å². The summed E-state index contributed by atoms with van der Waals surface area (Å²) in [5.41, 5.74) is 0.731. The van der Waals surface area contributed by atoms with Crippen LogP contribution in [-0.4, -0.2) is 23.2 Å². The summed E-state index contributed by atoms with van der Waals surface area (Å²) in [6.07, 6.45) is 0. The number of benzene rings is 1. The molecule has 1 aromatic carbocycles. The molecule has 0 aliphatic heterocycles. The molecule has 0 bridgehead atoms. The topological polar surface area (TPSA) is 59.4 Å². The molecule has 0 saturated carbocycles. The zero-order valence-corrected chi connectivity index (χ0v) is 10.4. The number of hydrogen-bond donors (Lipinski definition) is 1. The third-order valence-corrected chi connectivity index (χ3v) is 3.58. The lowest BCUT2D eigenvalue weighted by Crippen LogP contribution is -1.91. The number of aromatic carboxylic acids is 1. The van der Waals surface area contributed by atoms with Crippen molar-refractivity contribution in [2.45, 2.75) is 0 Å². The quantitative estimate of drug-likeness (QED) is 0.930. The van der Waals surface area contributed by atoms with E-state index in [2.05, 4.69) is 4.98 Å². The van der Waals surface area contributed by atoms with Gasteiger partial charge in [0.25, 0.3) is 0 Å². The van der Waals surface area contributed by atoms with Crippen LogP contribution >= 0.6 is 22.9 Å². The number of halogens is 1. The van der Waals surface area contributed by atoms with E-state index in [-0.39, 0.29) is 10.0 Å². The predicted molar refractivity (Wildman–Crippen MR) is 66.1 cm³/mol. The van der Waals surface area contributed by atoms with E-state index >= 15 is 0 Å². The number of hydrogen-bond acceptors (Lipinski definition) is 4. The van der Waals surface area contributed by atoms with Crippen molar-refractivity contribution in [1.29, 1.82) is 0 Å². The van der Waals surface area contributed by atoms with Gasteiger partial charge < -0.3 is 9.84 Å². The van der Waals surface area contributed by atoms with Gasteiger partial charge >= 0.3 is 5.97 Å². The Hall–Kier alpha value is -1.59.